The van der Waals surface area contributed by atoms with Crippen molar-refractivity contribution >= 4 is 0 Å². The molecule has 0 amide bonds. The highest BCUT2D eigenvalue weighted by Crippen LogP contribution is 2.15. The molecule has 0 heterocycles. The minimum atomic E-state index is 0.833. The zero-order chi connectivity index (χ0) is 10.5. The first-order valence-electron chi connectivity index (χ1n) is 6.15. The van der Waals surface area contributed by atoms with E-state index >= 15 is 0 Å². The number of unbranched alkanes of at least 4 members (excludes halogenated alkanes) is 2. The predicted molar refractivity (Wildman–Crippen MR) is 64.2 cm³/mol. The Labute approximate surface area is 86.1 Å². The molecule has 0 heteroatoms. The lowest BCUT2D eigenvalue weighted by Crippen LogP contribution is -1.85. The molecule has 0 aliphatic heterocycles. The summed E-state index contributed by atoms with van der Waals surface area (Å²) in [6.07, 6.45) is 10.1. The van der Waals surface area contributed by atoms with Crippen LogP contribution < -0.4 is 0 Å². The van der Waals surface area contributed by atoms with Gasteiger partial charge in [0.25, 0.3) is 0 Å². The van der Waals surface area contributed by atoms with Crippen LogP contribution in [0.4, 0.5) is 0 Å². The van der Waals surface area contributed by atoms with Crippen molar-refractivity contribution in [3.8, 4) is 0 Å². The molecule has 0 bridgehead atoms. The third kappa shape index (κ3) is 33.3. The summed E-state index contributed by atoms with van der Waals surface area (Å²) in [5.74, 6) is 0.833. The average molecular weight is 186 g/mol. The zero-order valence-corrected chi connectivity index (χ0v) is 10.5. The molecule has 0 aromatic carbocycles. The lowest BCUT2D eigenvalue weighted by atomic mass is 10.0. The molecular weight excluding hydrogens is 156 g/mol. The lowest BCUT2D eigenvalue weighted by Gasteiger charge is -2.05. The van der Waals surface area contributed by atoms with Crippen LogP contribution >= 0.6 is 0 Å². The fourth-order valence-electron chi connectivity index (χ4n) is 0.604. The number of rotatable bonds is 2. The van der Waals surface area contributed by atoms with Gasteiger partial charge >= 0.3 is 0 Å². The van der Waals surface area contributed by atoms with E-state index in [1.54, 1.807) is 0 Å². The summed E-state index contributed by atoms with van der Waals surface area (Å²) in [6.45, 7) is 10.9. The molecule has 1 fully saturated rings. The van der Waals surface area contributed by atoms with Gasteiger partial charge in [0.2, 0.25) is 0 Å². The van der Waals surface area contributed by atoms with Gasteiger partial charge in [0, 0.05) is 0 Å². The second-order valence-corrected chi connectivity index (χ2v) is 4.50. The van der Waals surface area contributed by atoms with Crippen molar-refractivity contribution < 1.29 is 0 Å². The van der Waals surface area contributed by atoms with Crippen molar-refractivity contribution in [2.24, 2.45) is 5.92 Å². The zero-order valence-electron chi connectivity index (χ0n) is 10.5. The van der Waals surface area contributed by atoms with Crippen molar-refractivity contribution in [3.63, 3.8) is 0 Å². The summed E-state index contributed by atoms with van der Waals surface area (Å²) in [6, 6.07) is 0. The van der Waals surface area contributed by atoms with Crippen LogP contribution in [0.1, 0.15) is 79.6 Å². The van der Waals surface area contributed by atoms with Crippen LogP contribution in [-0.4, -0.2) is 0 Å². The SMILES string of the molecule is C1CCC1.CC(C)C.CCCCC. The van der Waals surface area contributed by atoms with E-state index in [4.69, 9.17) is 0 Å². The van der Waals surface area contributed by atoms with Gasteiger partial charge in [-0.3, -0.25) is 0 Å². The largest absolute Gasteiger partial charge is 0.0654 e. The fourth-order valence-corrected chi connectivity index (χ4v) is 0.604. The van der Waals surface area contributed by atoms with E-state index in [1.165, 1.54) is 44.9 Å². The van der Waals surface area contributed by atoms with Gasteiger partial charge in [-0.2, -0.15) is 0 Å². The van der Waals surface area contributed by atoms with Gasteiger partial charge in [0.1, 0.15) is 0 Å². The van der Waals surface area contributed by atoms with Crippen LogP contribution in [0.25, 0.3) is 0 Å². The van der Waals surface area contributed by atoms with Crippen LogP contribution in [0.2, 0.25) is 0 Å². The van der Waals surface area contributed by atoms with Crippen molar-refractivity contribution in [3.05, 3.63) is 0 Å². The van der Waals surface area contributed by atoms with E-state index in [-0.39, 0.29) is 0 Å². The Kier molecular flexibility index (Phi) is 17.3. The minimum Gasteiger partial charge on any atom is -0.0654 e. The maximum atomic E-state index is 2.21. The molecule has 1 aliphatic carbocycles. The summed E-state index contributed by atoms with van der Waals surface area (Å²) in [5.41, 5.74) is 0. The van der Waals surface area contributed by atoms with Crippen molar-refractivity contribution in [2.75, 3.05) is 0 Å². The normalized spacial score (nSPS) is 13.4. The van der Waals surface area contributed by atoms with Crippen LogP contribution in [-0.2, 0) is 0 Å². The smallest absolute Gasteiger partial charge is 0.0500 e. The van der Waals surface area contributed by atoms with Gasteiger partial charge in [0.05, 0.1) is 0 Å². The Bertz CT molecular complexity index is 51.7. The molecule has 0 atom stereocenters. The Morgan fingerprint density at radius 3 is 1.00 bits per heavy atom. The fraction of sp³-hybridized carbons (Fsp3) is 1.00. The third-order valence-corrected chi connectivity index (χ3v) is 1.71. The summed E-state index contributed by atoms with van der Waals surface area (Å²) in [5, 5.41) is 0. The summed E-state index contributed by atoms with van der Waals surface area (Å²) in [4.78, 5) is 0. The second-order valence-electron chi connectivity index (χ2n) is 4.50. The van der Waals surface area contributed by atoms with E-state index in [9.17, 15) is 0 Å². The van der Waals surface area contributed by atoms with Gasteiger partial charge in [-0.25, -0.2) is 0 Å². The Balaban J connectivity index is 0. The monoisotopic (exact) mass is 186 g/mol. The highest BCUT2D eigenvalue weighted by Gasteiger charge is 1.95. The molecule has 0 radical (unpaired) electrons. The van der Waals surface area contributed by atoms with E-state index in [0.717, 1.165) is 5.92 Å². The molecule has 1 rings (SSSR count). The van der Waals surface area contributed by atoms with E-state index in [1.807, 2.05) is 0 Å². The first kappa shape index (κ1) is 15.5. The van der Waals surface area contributed by atoms with Gasteiger partial charge in [0.15, 0.2) is 0 Å². The quantitative estimate of drug-likeness (QED) is 0.540. The summed E-state index contributed by atoms with van der Waals surface area (Å²) >= 11 is 0. The highest BCUT2D eigenvalue weighted by atomic mass is 14.0. The minimum absolute atomic E-state index is 0.833. The lowest BCUT2D eigenvalue weighted by molar-refractivity contribution is 0.504. The van der Waals surface area contributed by atoms with E-state index in [2.05, 4.69) is 34.6 Å². The molecule has 0 aromatic heterocycles. The van der Waals surface area contributed by atoms with E-state index < -0.39 is 0 Å². The van der Waals surface area contributed by atoms with Crippen LogP contribution in [0.5, 0.6) is 0 Å². The Morgan fingerprint density at radius 1 is 0.769 bits per heavy atom. The average Bonchev–Trinajstić information content (AvgIpc) is 1.83. The molecule has 0 nitrogen and oxygen atoms in total. The van der Waals surface area contributed by atoms with Crippen molar-refractivity contribution in [1.29, 1.82) is 0 Å². The van der Waals surface area contributed by atoms with Crippen molar-refractivity contribution in [2.45, 2.75) is 79.6 Å². The molecule has 0 saturated heterocycles. The first-order valence-corrected chi connectivity index (χ1v) is 6.15. The molecule has 0 spiro atoms. The molecule has 0 unspecified atom stereocenters. The first-order chi connectivity index (χ1) is 6.15. The third-order valence-electron chi connectivity index (χ3n) is 1.71. The standard InChI is InChI=1S/C5H12.C4H8.C4H10/c1-3-5-4-2;1-2-4-3-1;1-4(2)3/h3-5H2,1-2H3;1-4H2;4H,1-3H3. The summed E-state index contributed by atoms with van der Waals surface area (Å²) in [7, 11) is 0. The predicted octanol–water partition coefficient (Wildman–Crippen LogP) is 5.42. The van der Waals surface area contributed by atoms with Gasteiger partial charge < -0.3 is 0 Å². The van der Waals surface area contributed by atoms with Crippen molar-refractivity contribution in [1.82, 2.24) is 0 Å². The second kappa shape index (κ2) is 14.5. The molecular formula is C13H30. The maximum Gasteiger partial charge on any atom is -0.0500 e. The van der Waals surface area contributed by atoms with Gasteiger partial charge in [-0.1, -0.05) is 79.6 Å². The molecule has 13 heavy (non-hydrogen) atoms. The maximum absolute atomic E-state index is 2.21. The summed E-state index contributed by atoms with van der Waals surface area (Å²) < 4.78 is 0. The van der Waals surface area contributed by atoms with Gasteiger partial charge in [-0.15, -0.1) is 0 Å². The van der Waals surface area contributed by atoms with Crippen LogP contribution in [0, 0.1) is 5.92 Å². The Hall–Kier alpha value is 0. The van der Waals surface area contributed by atoms with Crippen LogP contribution in [0.3, 0.4) is 0 Å². The van der Waals surface area contributed by atoms with Crippen LogP contribution in [0.15, 0.2) is 0 Å². The topological polar surface area (TPSA) is 0 Å². The Morgan fingerprint density at radius 2 is 1.00 bits per heavy atom. The molecule has 0 N–H and O–H groups in total. The molecule has 1 aliphatic rings. The van der Waals surface area contributed by atoms with Gasteiger partial charge in [-0.05, 0) is 5.92 Å². The molecule has 82 valence electrons. The highest BCUT2D eigenvalue weighted by molar-refractivity contribution is 4.50. The molecule has 1 saturated carbocycles. The number of hydrogen-bond acceptors (Lipinski definition) is 0. The number of hydrogen-bond donors (Lipinski definition) is 0. The van der Waals surface area contributed by atoms with E-state index in [0.29, 0.717) is 0 Å². The molecule has 0 aromatic rings.